The second-order valence-corrected chi connectivity index (χ2v) is 2.80. The van der Waals surface area contributed by atoms with E-state index in [9.17, 15) is 4.79 Å². The topological polar surface area (TPSA) is 69.8 Å². The summed E-state index contributed by atoms with van der Waals surface area (Å²) in [6, 6.07) is 1.68. The predicted octanol–water partition coefficient (Wildman–Crippen LogP) is -0.366. The van der Waals surface area contributed by atoms with E-state index in [0.717, 1.165) is 5.69 Å². The summed E-state index contributed by atoms with van der Waals surface area (Å²) in [6.07, 6.45) is 1.68. The highest BCUT2D eigenvalue weighted by Gasteiger charge is 2.09. The maximum absolute atomic E-state index is 11.1. The van der Waals surface area contributed by atoms with Crippen LogP contribution in [0.15, 0.2) is 12.3 Å². The number of rotatable bonds is 4. The molecule has 5 heteroatoms. The molecule has 1 atom stereocenters. The third-order valence-corrected chi connectivity index (χ3v) is 1.80. The van der Waals surface area contributed by atoms with Crippen molar-refractivity contribution in [1.29, 1.82) is 0 Å². The van der Waals surface area contributed by atoms with Crippen LogP contribution in [0.2, 0.25) is 0 Å². The van der Waals surface area contributed by atoms with Gasteiger partial charge in [0.05, 0.1) is 6.04 Å². The Morgan fingerprint density at radius 2 is 2.54 bits per heavy atom. The van der Waals surface area contributed by atoms with Crippen LogP contribution in [0.3, 0.4) is 0 Å². The Hall–Kier alpha value is -1.36. The van der Waals surface area contributed by atoms with Crippen LogP contribution < -0.4 is 10.6 Å². The minimum Gasteiger partial charge on any atom is -0.358 e. The number of aromatic amines is 1. The van der Waals surface area contributed by atoms with Crippen molar-refractivity contribution in [1.82, 2.24) is 20.8 Å². The van der Waals surface area contributed by atoms with Crippen LogP contribution >= 0.6 is 0 Å². The molecule has 5 nitrogen and oxygen atoms in total. The normalized spacial score (nSPS) is 12.5. The molecule has 0 saturated carbocycles. The molecule has 1 aromatic heterocycles. The van der Waals surface area contributed by atoms with E-state index < -0.39 is 0 Å². The first kappa shape index (κ1) is 9.73. The average Bonchev–Trinajstić information content (AvgIpc) is 2.65. The van der Waals surface area contributed by atoms with E-state index in [1.165, 1.54) is 0 Å². The van der Waals surface area contributed by atoms with E-state index in [1.54, 1.807) is 13.2 Å². The maximum atomic E-state index is 11.1. The lowest BCUT2D eigenvalue weighted by molar-refractivity contribution is -0.122. The van der Waals surface area contributed by atoms with Crippen molar-refractivity contribution in [3.05, 3.63) is 18.0 Å². The van der Waals surface area contributed by atoms with Crippen molar-refractivity contribution < 1.29 is 4.79 Å². The molecule has 0 spiro atoms. The Morgan fingerprint density at radius 1 is 1.77 bits per heavy atom. The summed E-state index contributed by atoms with van der Waals surface area (Å²) in [6.45, 7) is 2.43. The van der Waals surface area contributed by atoms with Crippen LogP contribution in [0.25, 0.3) is 0 Å². The smallest absolute Gasteiger partial charge is 0.236 e. The van der Waals surface area contributed by atoms with E-state index in [-0.39, 0.29) is 11.9 Å². The van der Waals surface area contributed by atoms with Crippen molar-refractivity contribution >= 4 is 5.91 Å². The molecule has 0 aliphatic carbocycles. The molecular formula is C8H14N4O. The maximum Gasteiger partial charge on any atom is 0.236 e. The Morgan fingerprint density at radius 3 is 3.08 bits per heavy atom. The van der Waals surface area contributed by atoms with Gasteiger partial charge in [-0.3, -0.25) is 9.89 Å². The SMILES string of the molecule is CNC(=O)C(C)NCc1ccn[nH]1. The summed E-state index contributed by atoms with van der Waals surface area (Å²) in [5, 5.41) is 12.2. The fourth-order valence-corrected chi connectivity index (χ4v) is 0.955. The number of aromatic nitrogens is 2. The summed E-state index contributed by atoms with van der Waals surface area (Å²) >= 11 is 0. The second-order valence-electron chi connectivity index (χ2n) is 2.80. The third-order valence-electron chi connectivity index (χ3n) is 1.80. The Bertz CT molecular complexity index is 257. The standard InChI is InChI=1S/C8H14N4O/c1-6(8(13)9-2)10-5-7-3-4-11-12-7/h3-4,6,10H,5H2,1-2H3,(H,9,13)(H,11,12). The van der Waals surface area contributed by atoms with Gasteiger partial charge < -0.3 is 10.6 Å². The number of nitrogens with zero attached hydrogens (tertiary/aromatic N) is 1. The molecule has 0 saturated heterocycles. The fraction of sp³-hybridized carbons (Fsp3) is 0.500. The molecule has 0 aromatic carbocycles. The highest BCUT2D eigenvalue weighted by Crippen LogP contribution is 1.91. The number of amides is 1. The van der Waals surface area contributed by atoms with Gasteiger partial charge >= 0.3 is 0 Å². The number of likely N-dealkylation sites (N-methyl/N-ethyl adjacent to an activating group) is 1. The molecular weight excluding hydrogens is 168 g/mol. The molecule has 1 heterocycles. The average molecular weight is 182 g/mol. The fourth-order valence-electron chi connectivity index (χ4n) is 0.955. The summed E-state index contributed by atoms with van der Waals surface area (Å²) < 4.78 is 0. The van der Waals surface area contributed by atoms with Gasteiger partial charge in [-0.15, -0.1) is 0 Å². The molecule has 1 amide bonds. The van der Waals surface area contributed by atoms with Crippen molar-refractivity contribution in [2.75, 3.05) is 7.05 Å². The lowest BCUT2D eigenvalue weighted by Crippen LogP contribution is -2.40. The van der Waals surface area contributed by atoms with Crippen LogP contribution in [-0.4, -0.2) is 29.2 Å². The van der Waals surface area contributed by atoms with E-state index in [1.807, 2.05) is 13.0 Å². The first-order valence-corrected chi connectivity index (χ1v) is 4.17. The zero-order chi connectivity index (χ0) is 9.68. The summed E-state index contributed by atoms with van der Waals surface area (Å²) in [5.74, 6) is -0.0143. The van der Waals surface area contributed by atoms with Crippen molar-refractivity contribution in [2.45, 2.75) is 19.5 Å². The van der Waals surface area contributed by atoms with Crippen LogP contribution in [0.4, 0.5) is 0 Å². The highest BCUT2D eigenvalue weighted by atomic mass is 16.2. The largest absolute Gasteiger partial charge is 0.358 e. The molecule has 3 N–H and O–H groups in total. The van der Waals surface area contributed by atoms with Crippen LogP contribution in [0.5, 0.6) is 0 Å². The summed E-state index contributed by atoms with van der Waals surface area (Å²) in [5.41, 5.74) is 0.968. The van der Waals surface area contributed by atoms with Crippen molar-refractivity contribution in [2.24, 2.45) is 0 Å². The molecule has 0 fully saturated rings. The first-order valence-electron chi connectivity index (χ1n) is 4.17. The summed E-state index contributed by atoms with van der Waals surface area (Å²) in [4.78, 5) is 11.1. The Kier molecular flexibility index (Phi) is 3.45. The number of H-pyrrole nitrogens is 1. The van der Waals surface area contributed by atoms with E-state index in [0.29, 0.717) is 6.54 Å². The number of carbonyl (C=O) groups excluding carboxylic acids is 1. The van der Waals surface area contributed by atoms with E-state index in [2.05, 4.69) is 20.8 Å². The predicted molar refractivity (Wildman–Crippen MR) is 49.0 cm³/mol. The molecule has 0 aliphatic rings. The van der Waals surface area contributed by atoms with E-state index in [4.69, 9.17) is 0 Å². The van der Waals surface area contributed by atoms with Crippen LogP contribution in [0.1, 0.15) is 12.6 Å². The lowest BCUT2D eigenvalue weighted by Gasteiger charge is -2.10. The zero-order valence-electron chi connectivity index (χ0n) is 7.79. The van der Waals surface area contributed by atoms with Gasteiger partial charge in [-0.05, 0) is 13.0 Å². The first-order chi connectivity index (χ1) is 6.24. The van der Waals surface area contributed by atoms with Crippen LogP contribution in [-0.2, 0) is 11.3 Å². The van der Waals surface area contributed by atoms with Crippen molar-refractivity contribution in [3.8, 4) is 0 Å². The second kappa shape index (κ2) is 4.61. The Balaban J connectivity index is 2.30. The summed E-state index contributed by atoms with van der Waals surface area (Å²) in [7, 11) is 1.62. The van der Waals surface area contributed by atoms with Gasteiger partial charge in [0.2, 0.25) is 5.91 Å². The minimum absolute atomic E-state index is 0.0143. The molecule has 0 aliphatic heterocycles. The molecule has 13 heavy (non-hydrogen) atoms. The van der Waals surface area contributed by atoms with Gasteiger partial charge in [0, 0.05) is 25.5 Å². The monoisotopic (exact) mass is 182 g/mol. The van der Waals surface area contributed by atoms with Gasteiger partial charge in [0.15, 0.2) is 0 Å². The third kappa shape index (κ3) is 2.87. The number of carbonyl (C=O) groups is 1. The van der Waals surface area contributed by atoms with Crippen molar-refractivity contribution in [3.63, 3.8) is 0 Å². The quantitative estimate of drug-likeness (QED) is 0.595. The van der Waals surface area contributed by atoms with E-state index >= 15 is 0 Å². The molecule has 1 unspecified atom stereocenters. The number of nitrogens with one attached hydrogen (secondary N) is 3. The molecule has 1 rings (SSSR count). The molecule has 72 valence electrons. The lowest BCUT2D eigenvalue weighted by atomic mass is 10.3. The van der Waals surface area contributed by atoms with Gasteiger partial charge in [-0.2, -0.15) is 5.10 Å². The molecule has 0 bridgehead atoms. The highest BCUT2D eigenvalue weighted by molar-refractivity contribution is 5.80. The number of hydrogen-bond acceptors (Lipinski definition) is 3. The van der Waals surface area contributed by atoms with Crippen LogP contribution in [0, 0.1) is 0 Å². The van der Waals surface area contributed by atoms with Gasteiger partial charge in [-0.1, -0.05) is 0 Å². The number of hydrogen-bond donors (Lipinski definition) is 3. The van der Waals surface area contributed by atoms with Gasteiger partial charge in [0.25, 0.3) is 0 Å². The minimum atomic E-state index is -0.187. The zero-order valence-corrected chi connectivity index (χ0v) is 7.79. The Labute approximate surface area is 76.9 Å². The van der Waals surface area contributed by atoms with Gasteiger partial charge in [-0.25, -0.2) is 0 Å². The molecule has 1 aromatic rings. The van der Waals surface area contributed by atoms with Gasteiger partial charge in [0.1, 0.15) is 0 Å². The molecule has 0 radical (unpaired) electrons.